The van der Waals surface area contributed by atoms with Crippen LogP contribution in [0.5, 0.6) is 0 Å². The maximum atomic E-state index is 4.20. The van der Waals surface area contributed by atoms with Crippen molar-refractivity contribution >= 4 is 16.6 Å². The smallest absolute Gasteiger partial charge is 0.0881 e. The minimum atomic E-state index is 0.756. The van der Waals surface area contributed by atoms with Crippen molar-refractivity contribution < 1.29 is 0 Å². The van der Waals surface area contributed by atoms with Gasteiger partial charge in [-0.3, -0.25) is 10.2 Å². The van der Waals surface area contributed by atoms with Crippen LogP contribution in [0.3, 0.4) is 0 Å². The van der Waals surface area contributed by atoms with Gasteiger partial charge in [-0.2, -0.15) is 10.2 Å². The minimum Gasteiger partial charge on any atom is -0.379 e. The summed E-state index contributed by atoms with van der Waals surface area (Å²) in [5, 5.41) is 18.8. The zero-order valence-electron chi connectivity index (χ0n) is 10.4. The average Bonchev–Trinajstić information content (AvgIpc) is 2.95. The Balaban J connectivity index is 1.87. The molecule has 3 N–H and O–H groups in total. The van der Waals surface area contributed by atoms with E-state index in [-0.39, 0.29) is 0 Å². The van der Waals surface area contributed by atoms with Crippen LogP contribution in [-0.2, 0) is 6.54 Å². The molecule has 2 heterocycles. The molecule has 0 saturated carbocycles. The third-order valence-electron chi connectivity index (χ3n) is 3.21. The second kappa shape index (κ2) is 4.18. The number of rotatable bonds is 3. The van der Waals surface area contributed by atoms with E-state index in [0.29, 0.717) is 0 Å². The molecule has 1 aromatic carbocycles. The number of fused-ring (bicyclic) bond motifs is 1. The summed E-state index contributed by atoms with van der Waals surface area (Å²) in [6.07, 6.45) is 1.83. The maximum absolute atomic E-state index is 4.20. The van der Waals surface area contributed by atoms with Gasteiger partial charge >= 0.3 is 0 Å². The van der Waals surface area contributed by atoms with Crippen molar-refractivity contribution in [2.24, 2.45) is 0 Å². The summed E-state index contributed by atoms with van der Waals surface area (Å²) in [4.78, 5) is 0. The summed E-state index contributed by atoms with van der Waals surface area (Å²) in [6, 6.07) is 6.11. The highest BCUT2D eigenvalue weighted by Gasteiger charge is 2.07. The van der Waals surface area contributed by atoms with Crippen LogP contribution in [0.2, 0.25) is 0 Å². The fourth-order valence-electron chi connectivity index (χ4n) is 2.13. The standard InChI is InChI=1S/C13H15N5/c1-8-11(9(2)17-16-8)7-14-12-5-3-4-10-6-15-18-13(10)12/h3-6,14H,7H2,1-2H3,(H,15,18)(H,16,17). The molecule has 0 spiro atoms. The number of para-hydroxylation sites is 1. The Labute approximate surface area is 105 Å². The molecule has 0 atom stereocenters. The fraction of sp³-hybridized carbons (Fsp3) is 0.231. The van der Waals surface area contributed by atoms with E-state index in [1.807, 2.05) is 38.2 Å². The number of anilines is 1. The Hall–Kier alpha value is -2.30. The van der Waals surface area contributed by atoms with Crippen LogP contribution in [0.4, 0.5) is 5.69 Å². The maximum Gasteiger partial charge on any atom is 0.0881 e. The van der Waals surface area contributed by atoms with Crippen LogP contribution >= 0.6 is 0 Å². The lowest BCUT2D eigenvalue weighted by atomic mass is 10.2. The van der Waals surface area contributed by atoms with Gasteiger partial charge in [-0.15, -0.1) is 0 Å². The third-order valence-corrected chi connectivity index (χ3v) is 3.21. The topological polar surface area (TPSA) is 69.4 Å². The molecule has 0 aliphatic carbocycles. The summed E-state index contributed by atoms with van der Waals surface area (Å²) in [5.41, 5.74) is 5.46. The summed E-state index contributed by atoms with van der Waals surface area (Å²) in [7, 11) is 0. The SMILES string of the molecule is Cc1n[nH]c(C)c1CNc1cccc2cn[nH]c12. The van der Waals surface area contributed by atoms with Crippen molar-refractivity contribution in [3.63, 3.8) is 0 Å². The quantitative estimate of drug-likeness (QED) is 0.660. The molecule has 0 saturated heterocycles. The van der Waals surface area contributed by atoms with Gasteiger partial charge in [0, 0.05) is 23.2 Å². The molecule has 0 fully saturated rings. The molecule has 92 valence electrons. The molecular weight excluding hydrogens is 226 g/mol. The third kappa shape index (κ3) is 1.73. The lowest BCUT2D eigenvalue weighted by Gasteiger charge is -2.07. The number of nitrogens with one attached hydrogen (secondary N) is 3. The number of aromatic nitrogens is 4. The molecule has 3 aromatic rings. The second-order valence-electron chi connectivity index (χ2n) is 4.41. The van der Waals surface area contributed by atoms with Crippen molar-refractivity contribution in [1.82, 2.24) is 20.4 Å². The van der Waals surface area contributed by atoms with Crippen LogP contribution in [0, 0.1) is 13.8 Å². The van der Waals surface area contributed by atoms with Crippen LogP contribution in [0.25, 0.3) is 10.9 Å². The number of nitrogens with zero attached hydrogens (tertiary/aromatic N) is 2. The van der Waals surface area contributed by atoms with Crippen LogP contribution in [0.15, 0.2) is 24.4 Å². The van der Waals surface area contributed by atoms with Crippen molar-refractivity contribution in [2.45, 2.75) is 20.4 Å². The molecule has 3 rings (SSSR count). The predicted octanol–water partition coefficient (Wildman–Crippen LogP) is 2.51. The summed E-state index contributed by atoms with van der Waals surface area (Å²) in [5.74, 6) is 0. The molecule has 5 heteroatoms. The summed E-state index contributed by atoms with van der Waals surface area (Å²) < 4.78 is 0. The Morgan fingerprint density at radius 1 is 1.22 bits per heavy atom. The highest BCUT2D eigenvalue weighted by molar-refractivity contribution is 5.89. The molecule has 0 radical (unpaired) electrons. The van der Waals surface area contributed by atoms with E-state index in [0.717, 1.165) is 34.5 Å². The van der Waals surface area contributed by atoms with Gasteiger partial charge < -0.3 is 5.32 Å². The number of benzene rings is 1. The Kier molecular flexibility index (Phi) is 2.51. The van der Waals surface area contributed by atoms with Crippen molar-refractivity contribution in [1.29, 1.82) is 0 Å². The van der Waals surface area contributed by atoms with E-state index in [4.69, 9.17) is 0 Å². The van der Waals surface area contributed by atoms with Gasteiger partial charge in [0.2, 0.25) is 0 Å². The van der Waals surface area contributed by atoms with Crippen LogP contribution in [-0.4, -0.2) is 20.4 Å². The molecule has 18 heavy (non-hydrogen) atoms. The first-order valence-corrected chi connectivity index (χ1v) is 5.92. The Bertz CT molecular complexity index is 660. The minimum absolute atomic E-state index is 0.756. The van der Waals surface area contributed by atoms with E-state index in [9.17, 15) is 0 Å². The fourth-order valence-corrected chi connectivity index (χ4v) is 2.13. The van der Waals surface area contributed by atoms with Gasteiger partial charge in [-0.05, 0) is 19.9 Å². The zero-order chi connectivity index (χ0) is 12.5. The highest BCUT2D eigenvalue weighted by atomic mass is 15.1. The zero-order valence-corrected chi connectivity index (χ0v) is 10.4. The highest BCUT2D eigenvalue weighted by Crippen LogP contribution is 2.21. The largest absolute Gasteiger partial charge is 0.379 e. The van der Waals surface area contributed by atoms with Gasteiger partial charge in [0.05, 0.1) is 23.1 Å². The number of H-pyrrole nitrogens is 2. The molecule has 0 aliphatic heterocycles. The van der Waals surface area contributed by atoms with E-state index in [2.05, 4.69) is 25.7 Å². The van der Waals surface area contributed by atoms with E-state index in [1.165, 1.54) is 5.56 Å². The van der Waals surface area contributed by atoms with Crippen molar-refractivity contribution in [3.05, 3.63) is 41.3 Å². The van der Waals surface area contributed by atoms with Gasteiger partial charge in [0.15, 0.2) is 0 Å². The molecule has 0 bridgehead atoms. The van der Waals surface area contributed by atoms with Gasteiger partial charge in [-0.25, -0.2) is 0 Å². The second-order valence-corrected chi connectivity index (χ2v) is 4.41. The van der Waals surface area contributed by atoms with Crippen LogP contribution in [0.1, 0.15) is 17.0 Å². The molecule has 0 amide bonds. The summed E-state index contributed by atoms with van der Waals surface area (Å²) in [6.45, 7) is 4.80. The first-order chi connectivity index (χ1) is 8.75. The lowest BCUT2D eigenvalue weighted by Crippen LogP contribution is -2.02. The van der Waals surface area contributed by atoms with Crippen LogP contribution < -0.4 is 5.32 Å². The monoisotopic (exact) mass is 241 g/mol. The summed E-state index contributed by atoms with van der Waals surface area (Å²) >= 11 is 0. The first kappa shape index (κ1) is 10.8. The van der Waals surface area contributed by atoms with Gasteiger partial charge in [0.1, 0.15) is 0 Å². The Morgan fingerprint density at radius 3 is 2.89 bits per heavy atom. The molecule has 0 unspecified atom stereocenters. The van der Waals surface area contributed by atoms with Crippen molar-refractivity contribution in [2.75, 3.05) is 5.32 Å². The average molecular weight is 241 g/mol. The van der Waals surface area contributed by atoms with Crippen molar-refractivity contribution in [3.8, 4) is 0 Å². The number of aromatic amines is 2. The Morgan fingerprint density at radius 2 is 2.11 bits per heavy atom. The number of hydrogen-bond donors (Lipinski definition) is 3. The predicted molar refractivity (Wildman–Crippen MR) is 71.5 cm³/mol. The molecular formula is C13H15N5. The molecule has 0 aliphatic rings. The number of aryl methyl sites for hydroxylation is 2. The van der Waals surface area contributed by atoms with E-state index >= 15 is 0 Å². The molecule has 2 aromatic heterocycles. The van der Waals surface area contributed by atoms with Gasteiger partial charge in [-0.1, -0.05) is 12.1 Å². The lowest BCUT2D eigenvalue weighted by molar-refractivity contribution is 1.02. The first-order valence-electron chi connectivity index (χ1n) is 5.92. The normalized spacial score (nSPS) is 11.0. The number of hydrogen-bond acceptors (Lipinski definition) is 3. The molecule has 5 nitrogen and oxygen atoms in total. The van der Waals surface area contributed by atoms with E-state index in [1.54, 1.807) is 0 Å². The van der Waals surface area contributed by atoms with E-state index < -0.39 is 0 Å². The van der Waals surface area contributed by atoms with Gasteiger partial charge in [0.25, 0.3) is 0 Å².